The van der Waals surface area contributed by atoms with Crippen molar-refractivity contribution >= 4 is 23.3 Å². The minimum Gasteiger partial charge on any atom is -0.355 e. The number of halogens is 1. The molecule has 1 amide bonds. The molecule has 3 heterocycles. The third-order valence-corrected chi connectivity index (χ3v) is 6.06. The zero-order chi connectivity index (χ0) is 17.2. The lowest BCUT2D eigenvalue weighted by Crippen LogP contribution is -2.51. The average molecular weight is 363 g/mol. The quantitative estimate of drug-likeness (QED) is 0.894. The van der Waals surface area contributed by atoms with Gasteiger partial charge in [0.25, 0.3) is 0 Å². The summed E-state index contributed by atoms with van der Waals surface area (Å²) in [6, 6.07) is 4.83. The molecule has 1 aliphatic carbocycles. The number of carbonyl (C=O) groups is 1. The molecule has 5 nitrogen and oxygen atoms in total. The Balaban J connectivity index is 1.31. The highest BCUT2D eigenvalue weighted by Gasteiger charge is 2.34. The van der Waals surface area contributed by atoms with Crippen LogP contribution in [0.4, 0.5) is 5.82 Å². The molecule has 2 saturated heterocycles. The molecule has 2 aliphatic heterocycles. The van der Waals surface area contributed by atoms with E-state index in [1.165, 1.54) is 0 Å². The summed E-state index contributed by atoms with van der Waals surface area (Å²) in [6.07, 6.45) is 8.54. The van der Waals surface area contributed by atoms with Crippen molar-refractivity contribution in [3.63, 3.8) is 0 Å². The summed E-state index contributed by atoms with van der Waals surface area (Å²) in [4.78, 5) is 21.7. The fourth-order valence-electron chi connectivity index (χ4n) is 4.15. The highest BCUT2D eigenvalue weighted by Crippen LogP contribution is 2.29. The largest absolute Gasteiger partial charge is 0.355 e. The summed E-state index contributed by atoms with van der Waals surface area (Å²) in [5.41, 5.74) is 0. The number of anilines is 1. The molecule has 25 heavy (non-hydrogen) atoms. The molecular weight excluding hydrogens is 336 g/mol. The van der Waals surface area contributed by atoms with Gasteiger partial charge in [-0.2, -0.15) is 0 Å². The third-order valence-electron chi connectivity index (χ3n) is 5.77. The van der Waals surface area contributed by atoms with Gasteiger partial charge in [-0.25, -0.2) is 4.98 Å². The van der Waals surface area contributed by atoms with E-state index in [9.17, 15) is 4.79 Å². The number of hydrogen-bond donors (Lipinski definition) is 1. The van der Waals surface area contributed by atoms with E-state index >= 15 is 0 Å². The number of aromatic nitrogens is 1. The maximum absolute atomic E-state index is 12.4. The summed E-state index contributed by atoms with van der Waals surface area (Å²) in [5.74, 6) is 1.37. The predicted octanol–water partition coefficient (Wildman–Crippen LogP) is 2.69. The number of hydrogen-bond acceptors (Lipinski definition) is 4. The van der Waals surface area contributed by atoms with Crippen LogP contribution in [0.25, 0.3) is 0 Å². The third kappa shape index (κ3) is 4.09. The van der Waals surface area contributed by atoms with Crippen LogP contribution in [0.3, 0.4) is 0 Å². The standard InChI is InChI=1S/C19H27ClN4O/c20-17-4-1-9-21-18(17)23-11-7-16(8-12-23)24-10-2-3-14(13-24)19(25)22-15-5-6-15/h1,4,9,14-16H,2-3,5-8,10-13H2,(H,22,25)/t14-/m0/s1. The minimum atomic E-state index is 0.178. The molecule has 1 aromatic heterocycles. The maximum atomic E-state index is 12.4. The Labute approximate surface area is 154 Å². The van der Waals surface area contributed by atoms with Crippen LogP contribution in [0.1, 0.15) is 38.5 Å². The van der Waals surface area contributed by atoms with E-state index in [1.54, 1.807) is 6.20 Å². The van der Waals surface area contributed by atoms with E-state index in [4.69, 9.17) is 11.6 Å². The molecule has 0 spiro atoms. The number of rotatable bonds is 4. The number of nitrogens with one attached hydrogen (secondary N) is 1. The van der Waals surface area contributed by atoms with Crippen LogP contribution in [-0.4, -0.2) is 54.1 Å². The molecule has 6 heteroatoms. The molecule has 0 unspecified atom stereocenters. The molecule has 1 saturated carbocycles. The minimum absolute atomic E-state index is 0.178. The van der Waals surface area contributed by atoms with E-state index < -0.39 is 0 Å². The smallest absolute Gasteiger partial charge is 0.224 e. The Morgan fingerprint density at radius 1 is 1.16 bits per heavy atom. The van der Waals surface area contributed by atoms with Crippen molar-refractivity contribution in [2.75, 3.05) is 31.1 Å². The Kier molecular flexibility index (Phi) is 5.13. The van der Waals surface area contributed by atoms with Gasteiger partial charge in [0.05, 0.1) is 10.9 Å². The van der Waals surface area contributed by atoms with Crippen LogP contribution in [0.15, 0.2) is 18.3 Å². The second kappa shape index (κ2) is 7.50. The van der Waals surface area contributed by atoms with Crippen molar-refractivity contribution in [1.82, 2.24) is 15.2 Å². The first-order chi connectivity index (χ1) is 12.2. The first kappa shape index (κ1) is 17.1. The van der Waals surface area contributed by atoms with Crippen LogP contribution in [-0.2, 0) is 4.79 Å². The predicted molar refractivity (Wildman–Crippen MR) is 99.9 cm³/mol. The van der Waals surface area contributed by atoms with Crippen molar-refractivity contribution in [2.24, 2.45) is 5.92 Å². The number of carbonyl (C=O) groups excluding carboxylic acids is 1. The molecule has 0 aromatic carbocycles. The number of nitrogens with zero attached hydrogens (tertiary/aromatic N) is 3. The number of pyridine rings is 1. The Hall–Kier alpha value is -1.33. The normalized spacial score (nSPS) is 25.8. The van der Waals surface area contributed by atoms with Gasteiger partial charge in [-0.05, 0) is 57.2 Å². The lowest BCUT2D eigenvalue weighted by Gasteiger charge is -2.42. The first-order valence-corrected chi connectivity index (χ1v) is 9.98. The van der Waals surface area contributed by atoms with Crippen molar-refractivity contribution in [3.8, 4) is 0 Å². The molecule has 1 N–H and O–H groups in total. The SMILES string of the molecule is O=C(NC1CC1)[C@H]1CCCN(C2CCN(c3ncccc3Cl)CC2)C1. The van der Waals surface area contributed by atoms with Gasteiger partial charge in [-0.15, -0.1) is 0 Å². The second-order valence-corrected chi connectivity index (χ2v) is 8.05. The van der Waals surface area contributed by atoms with Crippen LogP contribution in [0.5, 0.6) is 0 Å². The fraction of sp³-hybridized carbons (Fsp3) is 0.684. The molecular formula is C19H27ClN4O. The summed E-state index contributed by atoms with van der Waals surface area (Å²) < 4.78 is 0. The molecule has 136 valence electrons. The lowest BCUT2D eigenvalue weighted by atomic mass is 9.93. The average Bonchev–Trinajstić information content (AvgIpc) is 3.46. The van der Waals surface area contributed by atoms with Crippen molar-refractivity contribution in [2.45, 2.75) is 50.6 Å². The van der Waals surface area contributed by atoms with Gasteiger partial charge in [0, 0.05) is 37.9 Å². The van der Waals surface area contributed by atoms with Crippen molar-refractivity contribution in [3.05, 3.63) is 23.4 Å². The summed E-state index contributed by atoms with van der Waals surface area (Å²) in [7, 11) is 0. The molecule has 4 rings (SSSR count). The van der Waals surface area contributed by atoms with Gasteiger partial charge >= 0.3 is 0 Å². The van der Waals surface area contributed by atoms with Crippen LogP contribution >= 0.6 is 11.6 Å². The maximum Gasteiger partial charge on any atom is 0.224 e. The van der Waals surface area contributed by atoms with Crippen molar-refractivity contribution in [1.29, 1.82) is 0 Å². The zero-order valence-corrected chi connectivity index (χ0v) is 15.4. The molecule has 0 radical (unpaired) electrons. The highest BCUT2D eigenvalue weighted by molar-refractivity contribution is 6.32. The van der Waals surface area contributed by atoms with Gasteiger partial charge < -0.3 is 10.2 Å². The monoisotopic (exact) mass is 362 g/mol. The van der Waals surface area contributed by atoms with Gasteiger partial charge in [0.1, 0.15) is 5.82 Å². The molecule has 0 bridgehead atoms. The van der Waals surface area contributed by atoms with Crippen LogP contribution in [0.2, 0.25) is 5.02 Å². The van der Waals surface area contributed by atoms with E-state index in [-0.39, 0.29) is 11.8 Å². The Morgan fingerprint density at radius 3 is 2.68 bits per heavy atom. The number of piperidine rings is 2. The van der Waals surface area contributed by atoms with Gasteiger partial charge in [0.2, 0.25) is 5.91 Å². The fourth-order valence-corrected chi connectivity index (χ4v) is 4.39. The molecule has 3 fully saturated rings. The summed E-state index contributed by atoms with van der Waals surface area (Å²) in [6.45, 7) is 4.02. The van der Waals surface area contributed by atoms with E-state index in [1.807, 2.05) is 12.1 Å². The van der Waals surface area contributed by atoms with E-state index in [2.05, 4.69) is 20.1 Å². The van der Waals surface area contributed by atoms with E-state index in [0.717, 1.165) is 75.5 Å². The van der Waals surface area contributed by atoms with Gasteiger partial charge in [-0.1, -0.05) is 11.6 Å². The van der Waals surface area contributed by atoms with E-state index in [0.29, 0.717) is 12.1 Å². The van der Waals surface area contributed by atoms with Gasteiger partial charge in [0.15, 0.2) is 0 Å². The van der Waals surface area contributed by atoms with Gasteiger partial charge in [-0.3, -0.25) is 9.69 Å². The lowest BCUT2D eigenvalue weighted by molar-refractivity contribution is -0.127. The molecule has 1 aromatic rings. The Bertz CT molecular complexity index is 613. The zero-order valence-electron chi connectivity index (χ0n) is 14.7. The topological polar surface area (TPSA) is 48.5 Å². The highest BCUT2D eigenvalue weighted by atomic mass is 35.5. The van der Waals surface area contributed by atoms with Crippen LogP contribution < -0.4 is 10.2 Å². The first-order valence-electron chi connectivity index (χ1n) is 9.60. The van der Waals surface area contributed by atoms with Crippen LogP contribution in [0, 0.1) is 5.92 Å². The summed E-state index contributed by atoms with van der Waals surface area (Å²) >= 11 is 6.28. The molecule has 1 atom stereocenters. The summed E-state index contributed by atoms with van der Waals surface area (Å²) in [5, 5.41) is 3.92. The number of likely N-dealkylation sites (tertiary alicyclic amines) is 1. The molecule has 3 aliphatic rings. The second-order valence-electron chi connectivity index (χ2n) is 7.64. The number of amides is 1. The Morgan fingerprint density at radius 2 is 1.96 bits per heavy atom. The van der Waals surface area contributed by atoms with Crippen molar-refractivity contribution < 1.29 is 4.79 Å².